The maximum Gasteiger partial charge on any atom is 0.274 e. The first-order valence-electron chi connectivity index (χ1n) is 9.94. The van der Waals surface area contributed by atoms with Crippen LogP contribution in [0.1, 0.15) is 53.1 Å². The van der Waals surface area contributed by atoms with E-state index < -0.39 is 0 Å². The molecule has 0 radical (unpaired) electrons. The van der Waals surface area contributed by atoms with E-state index in [-0.39, 0.29) is 5.91 Å². The number of carbonyl (C=O) groups is 1. The van der Waals surface area contributed by atoms with Gasteiger partial charge in [0.2, 0.25) is 0 Å². The lowest BCUT2D eigenvalue weighted by atomic mass is 9.90. The summed E-state index contributed by atoms with van der Waals surface area (Å²) in [6.45, 7) is 8.21. The fraction of sp³-hybridized carbons (Fsp3) is 0.545. The van der Waals surface area contributed by atoms with Gasteiger partial charge in [-0.25, -0.2) is 0 Å². The van der Waals surface area contributed by atoms with Gasteiger partial charge in [0, 0.05) is 44.5 Å². The number of rotatable bonds is 6. The highest BCUT2D eigenvalue weighted by molar-refractivity contribution is 5.93. The molecule has 1 amide bonds. The smallest absolute Gasteiger partial charge is 0.274 e. The summed E-state index contributed by atoms with van der Waals surface area (Å²) in [5.41, 5.74) is 5.61. The number of nitrogens with one attached hydrogen (secondary N) is 1. The monoisotopic (exact) mass is 368 g/mol. The minimum atomic E-state index is 0.00735. The summed E-state index contributed by atoms with van der Waals surface area (Å²) < 4.78 is 2.08. The van der Waals surface area contributed by atoms with Crippen LogP contribution in [0.3, 0.4) is 0 Å². The molecule has 1 aromatic heterocycles. The van der Waals surface area contributed by atoms with Gasteiger partial charge in [-0.1, -0.05) is 43.7 Å². The van der Waals surface area contributed by atoms with Crippen LogP contribution in [-0.4, -0.2) is 40.7 Å². The molecule has 2 aromatic rings. The zero-order valence-corrected chi connectivity index (χ0v) is 17.2. The zero-order chi connectivity index (χ0) is 19.6. The van der Waals surface area contributed by atoms with Crippen LogP contribution in [0.15, 0.2) is 24.3 Å². The van der Waals surface area contributed by atoms with Crippen molar-refractivity contribution in [1.29, 1.82) is 0 Å². The lowest BCUT2D eigenvalue weighted by Gasteiger charge is -2.25. The molecule has 1 unspecified atom stereocenters. The highest BCUT2D eigenvalue weighted by Crippen LogP contribution is 2.26. The SMILES string of the molecule is Cc1ccc(CNC2CCc3c(c(C(=O)N(C)C)nn3CC(C)C)C2)cc1. The molecule has 0 bridgehead atoms. The van der Waals surface area contributed by atoms with Crippen molar-refractivity contribution in [2.24, 2.45) is 5.92 Å². The second kappa shape index (κ2) is 8.26. The number of amides is 1. The van der Waals surface area contributed by atoms with E-state index in [1.807, 2.05) is 0 Å². The maximum absolute atomic E-state index is 12.7. The minimum absolute atomic E-state index is 0.00735. The van der Waals surface area contributed by atoms with Gasteiger partial charge >= 0.3 is 0 Å². The van der Waals surface area contributed by atoms with Crippen molar-refractivity contribution in [3.05, 3.63) is 52.3 Å². The Morgan fingerprint density at radius 3 is 2.63 bits per heavy atom. The van der Waals surface area contributed by atoms with E-state index in [0.29, 0.717) is 17.7 Å². The van der Waals surface area contributed by atoms with Crippen LogP contribution in [0.2, 0.25) is 0 Å². The highest BCUT2D eigenvalue weighted by Gasteiger charge is 2.29. The fourth-order valence-electron chi connectivity index (χ4n) is 3.71. The second-order valence-corrected chi connectivity index (χ2v) is 8.36. The minimum Gasteiger partial charge on any atom is -0.343 e. The molecule has 0 fully saturated rings. The fourth-order valence-corrected chi connectivity index (χ4v) is 3.71. The van der Waals surface area contributed by atoms with Crippen molar-refractivity contribution in [1.82, 2.24) is 20.0 Å². The molecule has 1 aromatic carbocycles. The third-order valence-corrected chi connectivity index (χ3v) is 5.21. The summed E-state index contributed by atoms with van der Waals surface area (Å²) in [6.07, 6.45) is 2.92. The number of hydrogen-bond donors (Lipinski definition) is 1. The number of carbonyl (C=O) groups excluding carboxylic acids is 1. The van der Waals surface area contributed by atoms with E-state index in [1.54, 1.807) is 19.0 Å². The van der Waals surface area contributed by atoms with E-state index in [4.69, 9.17) is 5.10 Å². The predicted octanol–water partition coefficient (Wildman–Crippen LogP) is 3.20. The Morgan fingerprint density at radius 1 is 1.30 bits per heavy atom. The summed E-state index contributed by atoms with van der Waals surface area (Å²) in [4.78, 5) is 14.3. The average molecular weight is 369 g/mol. The lowest BCUT2D eigenvalue weighted by molar-refractivity contribution is 0.0819. The number of fused-ring (bicyclic) bond motifs is 1. The predicted molar refractivity (Wildman–Crippen MR) is 109 cm³/mol. The van der Waals surface area contributed by atoms with Gasteiger partial charge in [-0.2, -0.15) is 5.10 Å². The molecule has 5 heteroatoms. The quantitative estimate of drug-likeness (QED) is 0.852. The number of hydrogen-bond acceptors (Lipinski definition) is 3. The molecule has 0 saturated carbocycles. The van der Waals surface area contributed by atoms with Gasteiger partial charge in [0.15, 0.2) is 5.69 Å². The maximum atomic E-state index is 12.7. The van der Waals surface area contributed by atoms with Crippen molar-refractivity contribution in [2.45, 2.75) is 59.2 Å². The normalized spacial score (nSPS) is 16.4. The van der Waals surface area contributed by atoms with Crippen molar-refractivity contribution in [3.63, 3.8) is 0 Å². The van der Waals surface area contributed by atoms with Gasteiger partial charge < -0.3 is 10.2 Å². The highest BCUT2D eigenvalue weighted by atomic mass is 16.2. The molecular weight excluding hydrogens is 336 g/mol. The number of aromatic nitrogens is 2. The first-order chi connectivity index (χ1) is 12.8. The largest absolute Gasteiger partial charge is 0.343 e. The molecular formula is C22H32N4O. The summed E-state index contributed by atoms with van der Waals surface area (Å²) >= 11 is 0. The molecule has 27 heavy (non-hydrogen) atoms. The molecule has 1 atom stereocenters. The van der Waals surface area contributed by atoms with E-state index >= 15 is 0 Å². The van der Waals surface area contributed by atoms with Gasteiger partial charge in [-0.3, -0.25) is 9.48 Å². The number of benzene rings is 1. The Labute approximate surface area is 162 Å². The molecule has 5 nitrogen and oxygen atoms in total. The molecule has 0 aliphatic heterocycles. The topological polar surface area (TPSA) is 50.2 Å². The van der Waals surface area contributed by atoms with E-state index in [1.165, 1.54) is 16.8 Å². The Balaban J connectivity index is 1.77. The van der Waals surface area contributed by atoms with Gasteiger partial charge in [-0.05, 0) is 37.7 Å². The molecule has 1 heterocycles. The first kappa shape index (κ1) is 19.6. The number of aryl methyl sites for hydroxylation is 1. The molecule has 0 spiro atoms. The van der Waals surface area contributed by atoms with Crippen LogP contribution < -0.4 is 5.32 Å². The molecule has 146 valence electrons. The molecule has 1 aliphatic rings. The van der Waals surface area contributed by atoms with Crippen LogP contribution in [0, 0.1) is 12.8 Å². The third-order valence-electron chi connectivity index (χ3n) is 5.21. The summed E-state index contributed by atoms with van der Waals surface area (Å²) in [7, 11) is 3.60. The third kappa shape index (κ3) is 4.59. The van der Waals surface area contributed by atoms with Gasteiger partial charge in [0.05, 0.1) is 0 Å². The van der Waals surface area contributed by atoms with Crippen LogP contribution in [0.5, 0.6) is 0 Å². The Bertz CT molecular complexity index is 789. The van der Waals surface area contributed by atoms with Crippen molar-refractivity contribution in [3.8, 4) is 0 Å². The van der Waals surface area contributed by atoms with Crippen LogP contribution in [0.4, 0.5) is 0 Å². The molecule has 3 rings (SSSR count). The molecule has 0 saturated heterocycles. The van der Waals surface area contributed by atoms with E-state index in [0.717, 1.165) is 37.9 Å². The molecule has 1 aliphatic carbocycles. The average Bonchev–Trinajstić information content (AvgIpc) is 2.97. The van der Waals surface area contributed by atoms with Crippen LogP contribution in [-0.2, 0) is 25.9 Å². The summed E-state index contributed by atoms with van der Waals surface area (Å²) in [5.74, 6) is 0.515. The first-order valence-corrected chi connectivity index (χ1v) is 9.94. The van der Waals surface area contributed by atoms with Gasteiger partial charge in [-0.15, -0.1) is 0 Å². The lowest BCUT2D eigenvalue weighted by Crippen LogP contribution is -2.35. The summed E-state index contributed by atoms with van der Waals surface area (Å²) in [5, 5.41) is 8.39. The van der Waals surface area contributed by atoms with Gasteiger partial charge in [0.1, 0.15) is 0 Å². The standard InChI is InChI=1S/C22H32N4O/c1-15(2)14-26-20-11-10-18(23-13-17-8-6-16(3)7-9-17)12-19(20)21(24-26)22(27)25(4)5/h6-9,15,18,23H,10-14H2,1-5H3. The number of nitrogens with zero attached hydrogens (tertiary/aromatic N) is 3. The van der Waals surface area contributed by atoms with Crippen LogP contribution >= 0.6 is 0 Å². The van der Waals surface area contributed by atoms with Gasteiger partial charge in [0.25, 0.3) is 5.91 Å². The Hall–Kier alpha value is -2.14. The van der Waals surface area contributed by atoms with Crippen molar-refractivity contribution < 1.29 is 4.79 Å². The summed E-state index contributed by atoms with van der Waals surface area (Å²) in [6, 6.07) is 9.04. The zero-order valence-electron chi connectivity index (χ0n) is 17.2. The second-order valence-electron chi connectivity index (χ2n) is 8.36. The van der Waals surface area contributed by atoms with Crippen LogP contribution in [0.25, 0.3) is 0 Å². The molecule has 1 N–H and O–H groups in total. The Kier molecular flexibility index (Phi) is 6.00. The van der Waals surface area contributed by atoms with Crippen molar-refractivity contribution in [2.75, 3.05) is 14.1 Å². The van der Waals surface area contributed by atoms with Crippen molar-refractivity contribution >= 4 is 5.91 Å². The van der Waals surface area contributed by atoms with E-state index in [2.05, 4.69) is 55.0 Å². The van der Waals surface area contributed by atoms with E-state index in [9.17, 15) is 4.79 Å². The Morgan fingerprint density at radius 2 is 2.00 bits per heavy atom.